The van der Waals surface area contributed by atoms with Crippen molar-refractivity contribution in [3.63, 3.8) is 0 Å². The van der Waals surface area contributed by atoms with Crippen molar-refractivity contribution in [2.75, 3.05) is 7.05 Å². The van der Waals surface area contributed by atoms with Crippen LogP contribution in [0.1, 0.15) is 73.1 Å². The molecule has 0 aromatic heterocycles. The molecule has 3 aliphatic rings. The Morgan fingerprint density at radius 2 is 1.92 bits per heavy atom. The van der Waals surface area contributed by atoms with E-state index >= 15 is 0 Å². The molecule has 26 heavy (non-hydrogen) atoms. The molecule has 6 unspecified atom stereocenters. The van der Waals surface area contributed by atoms with Crippen LogP contribution in [0.3, 0.4) is 0 Å². The lowest BCUT2D eigenvalue weighted by atomic mass is 9.56. The highest BCUT2D eigenvalue weighted by Gasteiger charge is 2.55. The highest BCUT2D eigenvalue weighted by atomic mass is 16.5. The van der Waals surface area contributed by atoms with Gasteiger partial charge in [-0.2, -0.15) is 0 Å². The predicted octanol–water partition coefficient (Wildman–Crippen LogP) is 3.81. The molecule has 0 spiro atoms. The molecule has 4 nitrogen and oxygen atoms in total. The van der Waals surface area contributed by atoms with Crippen molar-refractivity contribution in [1.29, 1.82) is 0 Å². The molecule has 4 heteroatoms. The molecule has 3 rings (SSSR count). The first-order chi connectivity index (χ1) is 12.1. The Kier molecular flexibility index (Phi) is 5.31. The molecule has 6 atom stereocenters. The normalized spacial score (nSPS) is 43.5. The second kappa shape index (κ2) is 6.94. The summed E-state index contributed by atoms with van der Waals surface area (Å²) in [4.78, 5) is 11.2. The van der Waals surface area contributed by atoms with E-state index in [1.54, 1.807) is 0 Å². The maximum atomic E-state index is 11.2. The van der Waals surface area contributed by atoms with Gasteiger partial charge in [0.25, 0.3) is 0 Å². The average molecular weight is 363 g/mol. The molecule has 2 aliphatic carbocycles. The zero-order valence-corrected chi connectivity index (χ0v) is 17.5. The van der Waals surface area contributed by atoms with Crippen LogP contribution in [-0.4, -0.2) is 36.2 Å². The van der Waals surface area contributed by atoms with Gasteiger partial charge in [0.05, 0.1) is 11.7 Å². The molecule has 1 heterocycles. The Morgan fingerprint density at radius 1 is 1.19 bits per heavy atom. The topological polar surface area (TPSA) is 50.4 Å². The second-order valence-electron chi connectivity index (χ2n) is 9.99. The van der Waals surface area contributed by atoms with E-state index in [1.807, 2.05) is 7.05 Å². The van der Waals surface area contributed by atoms with Crippen molar-refractivity contribution in [2.24, 2.45) is 17.8 Å². The number of rotatable bonds is 5. The van der Waals surface area contributed by atoms with Crippen LogP contribution in [0.15, 0.2) is 11.6 Å². The molecule has 1 saturated heterocycles. The second-order valence-corrected chi connectivity index (χ2v) is 9.99. The fourth-order valence-electron chi connectivity index (χ4n) is 5.91. The third-order valence-electron chi connectivity index (χ3n) is 7.99. The van der Waals surface area contributed by atoms with Gasteiger partial charge in [-0.1, -0.05) is 11.6 Å². The van der Waals surface area contributed by atoms with Crippen LogP contribution in [0.4, 0.5) is 0 Å². The summed E-state index contributed by atoms with van der Waals surface area (Å²) in [6.45, 7) is 11.3. The molecular formula is C22H38N2O2. The number of likely N-dealkylation sites (N-methyl/N-ethyl adjacent to an activating group) is 1. The van der Waals surface area contributed by atoms with Gasteiger partial charge in [-0.15, -0.1) is 0 Å². The van der Waals surface area contributed by atoms with Crippen molar-refractivity contribution in [3.8, 4) is 0 Å². The highest BCUT2D eigenvalue weighted by Crippen LogP contribution is 2.54. The quantitative estimate of drug-likeness (QED) is 0.577. The van der Waals surface area contributed by atoms with Gasteiger partial charge in [-0.3, -0.25) is 4.79 Å². The van der Waals surface area contributed by atoms with Crippen molar-refractivity contribution >= 4 is 6.41 Å². The van der Waals surface area contributed by atoms with E-state index in [-0.39, 0.29) is 22.8 Å². The molecule has 0 radical (unpaired) electrons. The van der Waals surface area contributed by atoms with Crippen LogP contribution >= 0.6 is 0 Å². The zero-order valence-electron chi connectivity index (χ0n) is 17.5. The fourth-order valence-corrected chi connectivity index (χ4v) is 5.91. The number of carbonyl (C=O) groups is 1. The van der Waals surface area contributed by atoms with E-state index < -0.39 is 0 Å². The zero-order chi connectivity index (χ0) is 19.2. The third-order valence-corrected chi connectivity index (χ3v) is 7.99. The Bertz CT molecular complexity index is 572. The lowest BCUT2D eigenvalue weighted by Crippen LogP contribution is -2.59. The van der Waals surface area contributed by atoms with Gasteiger partial charge in [0, 0.05) is 11.1 Å². The number of amides is 1. The summed E-state index contributed by atoms with van der Waals surface area (Å²) >= 11 is 0. The SMILES string of the molecule is CNC(C)(C)C1CCC(C)(C2CCC(C)(NC=O)C3CCC(C)=CC32)O1. The Morgan fingerprint density at radius 3 is 2.58 bits per heavy atom. The highest BCUT2D eigenvalue weighted by molar-refractivity contribution is 5.48. The van der Waals surface area contributed by atoms with Crippen LogP contribution in [0, 0.1) is 17.8 Å². The van der Waals surface area contributed by atoms with E-state index in [4.69, 9.17) is 4.74 Å². The van der Waals surface area contributed by atoms with E-state index in [1.165, 1.54) is 12.0 Å². The van der Waals surface area contributed by atoms with Crippen molar-refractivity contribution in [1.82, 2.24) is 10.6 Å². The number of hydrogen-bond donors (Lipinski definition) is 2. The summed E-state index contributed by atoms with van der Waals surface area (Å²) in [5, 5.41) is 6.61. The lowest BCUT2D eigenvalue weighted by molar-refractivity contribution is -0.127. The fraction of sp³-hybridized carbons (Fsp3) is 0.864. The maximum absolute atomic E-state index is 11.2. The number of hydrogen-bond acceptors (Lipinski definition) is 3. The first-order valence-corrected chi connectivity index (χ1v) is 10.4. The van der Waals surface area contributed by atoms with E-state index in [0.29, 0.717) is 17.8 Å². The summed E-state index contributed by atoms with van der Waals surface area (Å²) < 4.78 is 6.77. The number of carbonyl (C=O) groups excluding carboxylic acids is 1. The lowest BCUT2D eigenvalue weighted by Gasteiger charge is -2.54. The van der Waals surface area contributed by atoms with E-state index in [0.717, 1.165) is 38.5 Å². The Balaban J connectivity index is 1.86. The van der Waals surface area contributed by atoms with Crippen LogP contribution in [0.2, 0.25) is 0 Å². The average Bonchev–Trinajstić information content (AvgIpc) is 2.99. The van der Waals surface area contributed by atoms with Gasteiger partial charge in [0.15, 0.2) is 0 Å². The molecule has 2 fully saturated rings. The van der Waals surface area contributed by atoms with Gasteiger partial charge >= 0.3 is 0 Å². The first kappa shape index (κ1) is 19.9. The largest absolute Gasteiger partial charge is 0.370 e. The minimum Gasteiger partial charge on any atom is -0.370 e. The van der Waals surface area contributed by atoms with Crippen LogP contribution in [0.5, 0.6) is 0 Å². The van der Waals surface area contributed by atoms with Gasteiger partial charge in [-0.05, 0) is 97.9 Å². The summed E-state index contributed by atoms with van der Waals surface area (Å²) in [7, 11) is 2.03. The van der Waals surface area contributed by atoms with Crippen LogP contribution in [0.25, 0.3) is 0 Å². The Hall–Kier alpha value is -0.870. The van der Waals surface area contributed by atoms with Crippen molar-refractivity contribution in [3.05, 3.63) is 11.6 Å². The minimum atomic E-state index is -0.0846. The van der Waals surface area contributed by atoms with Gasteiger partial charge in [0.1, 0.15) is 0 Å². The number of fused-ring (bicyclic) bond motifs is 1. The summed E-state index contributed by atoms with van der Waals surface area (Å²) in [6, 6.07) is 0. The van der Waals surface area contributed by atoms with E-state index in [9.17, 15) is 4.79 Å². The van der Waals surface area contributed by atoms with Gasteiger partial charge < -0.3 is 15.4 Å². The molecule has 0 aromatic carbocycles. The van der Waals surface area contributed by atoms with E-state index in [2.05, 4.69) is 51.3 Å². The maximum Gasteiger partial charge on any atom is 0.207 e. The molecule has 1 saturated carbocycles. The standard InChI is InChI=1S/C22H38N2O2/c1-15-7-8-17-16(13-15)18(9-11-21(17,4)24-14-25)22(5)12-10-19(26-22)20(2,3)23-6/h13-14,16-19,23H,7-12H2,1-6H3,(H,24,25). The summed E-state index contributed by atoms with van der Waals surface area (Å²) in [5.41, 5.74) is 1.34. The number of nitrogens with one attached hydrogen (secondary N) is 2. The molecule has 1 amide bonds. The summed E-state index contributed by atoms with van der Waals surface area (Å²) in [5.74, 6) is 1.53. The molecule has 1 aliphatic heterocycles. The number of ether oxygens (including phenoxy) is 1. The first-order valence-electron chi connectivity index (χ1n) is 10.4. The Labute approximate surface area is 159 Å². The molecular weight excluding hydrogens is 324 g/mol. The molecule has 0 bridgehead atoms. The smallest absolute Gasteiger partial charge is 0.207 e. The third kappa shape index (κ3) is 3.35. The van der Waals surface area contributed by atoms with Crippen molar-refractivity contribution < 1.29 is 9.53 Å². The van der Waals surface area contributed by atoms with Crippen molar-refractivity contribution in [2.45, 2.75) is 95.9 Å². The van der Waals surface area contributed by atoms with Crippen LogP contribution in [-0.2, 0) is 9.53 Å². The molecule has 148 valence electrons. The molecule has 0 aromatic rings. The van der Waals surface area contributed by atoms with Gasteiger partial charge in [-0.25, -0.2) is 0 Å². The van der Waals surface area contributed by atoms with Crippen LogP contribution < -0.4 is 10.6 Å². The summed E-state index contributed by atoms with van der Waals surface area (Å²) in [6.07, 6.45) is 10.4. The predicted molar refractivity (Wildman–Crippen MR) is 106 cm³/mol. The molecule has 2 N–H and O–H groups in total. The monoisotopic (exact) mass is 362 g/mol. The van der Waals surface area contributed by atoms with Gasteiger partial charge in [0.2, 0.25) is 6.41 Å². The number of allylic oxidation sites excluding steroid dienone is 2. The minimum absolute atomic E-state index is 0.00225.